The molecule has 0 spiro atoms. The van der Waals surface area contributed by atoms with Crippen molar-refractivity contribution in [3.05, 3.63) is 34.9 Å². The number of rotatable bonds is 2. The summed E-state index contributed by atoms with van der Waals surface area (Å²) in [5, 5.41) is 3.53. The number of aryl methyl sites for hydroxylation is 2. The zero-order chi connectivity index (χ0) is 11.5. The lowest BCUT2D eigenvalue weighted by Crippen LogP contribution is -2.36. The molecule has 1 aliphatic heterocycles. The molecule has 2 rings (SSSR count). The molecule has 0 radical (unpaired) electrons. The van der Waals surface area contributed by atoms with Gasteiger partial charge in [0.2, 0.25) is 0 Å². The minimum absolute atomic E-state index is 0.697. The van der Waals surface area contributed by atoms with E-state index in [2.05, 4.69) is 44.3 Å². The number of hydrogen-bond donors (Lipinski definition) is 1. The Balaban J connectivity index is 2.08. The molecule has 1 aromatic carbocycles. The van der Waals surface area contributed by atoms with Crippen molar-refractivity contribution in [1.82, 2.24) is 5.32 Å². The minimum atomic E-state index is 0.697. The first-order valence-electron chi connectivity index (χ1n) is 6.45. The van der Waals surface area contributed by atoms with Gasteiger partial charge in [0, 0.05) is 6.04 Å². The van der Waals surface area contributed by atoms with E-state index in [1.54, 1.807) is 5.56 Å². The summed E-state index contributed by atoms with van der Waals surface area (Å²) in [6, 6.07) is 7.35. The van der Waals surface area contributed by atoms with Crippen LogP contribution in [0.2, 0.25) is 0 Å². The molecule has 0 aliphatic carbocycles. The molecule has 2 unspecified atom stereocenters. The first kappa shape index (κ1) is 11.7. The Labute approximate surface area is 99.3 Å². The summed E-state index contributed by atoms with van der Waals surface area (Å²) >= 11 is 0. The summed E-state index contributed by atoms with van der Waals surface area (Å²) in [5.41, 5.74) is 4.51. The maximum Gasteiger partial charge on any atom is 0.00414 e. The fourth-order valence-electron chi connectivity index (χ4n) is 2.88. The molecule has 0 amide bonds. The largest absolute Gasteiger partial charge is 0.314 e. The van der Waals surface area contributed by atoms with Crippen molar-refractivity contribution in [3.8, 4) is 0 Å². The van der Waals surface area contributed by atoms with Gasteiger partial charge in [0.15, 0.2) is 0 Å². The van der Waals surface area contributed by atoms with Crippen LogP contribution in [0.5, 0.6) is 0 Å². The van der Waals surface area contributed by atoms with E-state index in [-0.39, 0.29) is 0 Å². The second-order valence-corrected chi connectivity index (χ2v) is 5.32. The van der Waals surface area contributed by atoms with E-state index in [9.17, 15) is 0 Å². The van der Waals surface area contributed by atoms with E-state index in [1.165, 1.54) is 36.9 Å². The van der Waals surface area contributed by atoms with Crippen molar-refractivity contribution in [1.29, 1.82) is 0 Å². The monoisotopic (exact) mass is 217 g/mol. The van der Waals surface area contributed by atoms with E-state index in [4.69, 9.17) is 0 Å². The molecule has 0 bridgehead atoms. The third-order valence-electron chi connectivity index (χ3n) is 3.87. The Morgan fingerprint density at radius 2 is 1.94 bits per heavy atom. The standard InChI is InChI=1S/C15H23N/c1-11-5-4-6-12(2)15(11)10-14-7-8-16-13(3)9-14/h4-6,13-14,16H,7-10H2,1-3H3. The van der Waals surface area contributed by atoms with Crippen LogP contribution in [-0.2, 0) is 6.42 Å². The predicted octanol–water partition coefficient (Wildman–Crippen LogP) is 3.23. The highest BCUT2D eigenvalue weighted by Gasteiger charge is 2.19. The Bertz CT molecular complexity index is 336. The average Bonchev–Trinajstić information content (AvgIpc) is 2.24. The Morgan fingerprint density at radius 1 is 1.25 bits per heavy atom. The van der Waals surface area contributed by atoms with Gasteiger partial charge in [-0.25, -0.2) is 0 Å². The molecule has 88 valence electrons. The molecule has 1 aliphatic rings. The molecule has 1 N–H and O–H groups in total. The first-order valence-corrected chi connectivity index (χ1v) is 6.45. The summed E-state index contributed by atoms with van der Waals surface area (Å²) in [6.45, 7) is 7.98. The lowest BCUT2D eigenvalue weighted by molar-refractivity contribution is 0.313. The van der Waals surface area contributed by atoms with E-state index in [0.29, 0.717) is 6.04 Å². The summed E-state index contributed by atoms with van der Waals surface area (Å²) in [5.74, 6) is 0.871. The van der Waals surface area contributed by atoms with E-state index in [0.717, 1.165) is 5.92 Å². The normalized spacial score (nSPS) is 25.7. The molecular formula is C15H23N. The second-order valence-electron chi connectivity index (χ2n) is 5.32. The predicted molar refractivity (Wildman–Crippen MR) is 69.8 cm³/mol. The average molecular weight is 217 g/mol. The van der Waals surface area contributed by atoms with Gasteiger partial charge in [-0.3, -0.25) is 0 Å². The van der Waals surface area contributed by atoms with Crippen LogP contribution in [0.4, 0.5) is 0 Å². The van der Waals surface area contributed by atoms with Crippen LogP contribution in [0.1, 0.15) is 36.5 Å². The molecule has 0 aromatic heterocycles. The SMILES string of the molecule is Cc1cccc(C)c1CC1CCNC(C)C1. The molecule has 1 nitrogen and oxygen atoms in total. The highest BCUT2D eigenvalue weighted by molar-refractivity contribution is 5.33. The Kier molecular flexibility index (Phi) is 3.65. The third kappa shape index (κ3) is 2.65. The zero-order valence-electron chi connectivity index (χ0n) is 10.7. The molecule has 0 saturated carbocycles. The Hall–Kier alpha value is -0.820. The summed E-state index contributed by atoms with van der Waals surface area (Å²) in [4.78, 5) is 0. The van der Waals surface area contributed by atoms with Crippen LogP contribution in [0.3, 0.4) is 0 Å². The van der Waals surface area contributed by atoms with E-state index in [1.807, 2.05) is 0 Å². The summed E-state index contributed by atoms with van der Waals surface area (Å²) in [6.07, 6.45) is 3.93. The van der Waals surface area contributed by atoms with Crippen molar-refractivity contribution < 1.29 is 0 Å². The molecule has 1 heterocycles. The van der Waals surface area contributed by atoms with E-state index >= 15 is 0 Å². The van der Waals surface area contributed by atoms with Crippen molar-refractivity contribution in [2.45, 2.75) is 46.1 Å². The lowest BCUT2D eigenvalue weighted by Gasteiger charge is -2.28. The van der Waals surface area contributed by atoms with Gasteiger partial charge < -0.3 is 5.32 Å². The number of benzene rings is 1. The van der Waals surface area contributed by atoms with Gasteiger partial charge in [-0.1, -0.05) is 18.2 Å². The number of hydrogen-bond acceptors (Lipinski definition) is 1. The summed E-state index contributed by atoms with van der Waals surface area (Å²) < 4.78 is 0. The van der Waals surface area contributed by atoms with E-state index < -0.39 is 0 Å². The van der Waals surface area contributed by atoms with Crippen LogP contribution >= 0.6 is 0 Å². The topological polar surface area (TPSA) is 12.0 Å². The van der Waals surface area contributed by atoms with Gasteiger partial charge in [-0.05, 0) is 69.2 Å². The van der Waals surface area contributed by atoms with Gasteiger partial charge in [0.1, 0.15) is 0 Å². The van der Waals surface area contributed by atoms with Crippen molar-refractivity contribution in [2.75, 3.05) is 6.54 Å². The highest BCUT2D eigenvalue weighted by Crippen LogP contribution is 2.24. The van der Waals surface area contributed by atoms with Crippen molar-refractivity contribution in [2.24, 2.45) is 5.92 Å². The Morgan fingerprint density at radius 3 is 2.56 bits per heavy atom. The molecule has 16 heavy (non-hydrogen) atoms. The van der Waals surface area contributed by atoms with Crippen molar-refractivity contribution in [3.63, 3.8) is 0 Å². The third-order valence-corrected chi connectivity index (χ3v) is 3.87. The maximum atomic E-state index is 3.53. The van der Waals surface area contributed by atoms with Gasteiger partial charge in [-0.15, -0.1) is 0 Å². The smallest absolute Gasteiger partial charge is 0.00414 e. The van der Waals surface area contributed by atoms with Gasteiger partial charge in [0.25, 0.3) is 0 Å². The first-order chi connectivity index (χ1) is 7.66. The quantitative estimate of drug-likeness (QED) is 0.802. The number of nitrogens with one attached hydrogen (secondary N) is 1. The fourth-order valence-corrected chi connectivity index (χ4v) is 2.88. The van der Waals surface area contributed by atoms with Crippen LogP contribution < -0.4 is 5.32 Å². The minimum Gasteiger partial charge on any atom is -0.314 e. The molecular weight excluding hydrogens is 194 g/mol. The van der Waals surface area contributed by atoms with Crippen molar-refractivity contribution >= 4 is 0 Å². The molecule has 2 atom stereocenters. The fraction of sp³-hybridized carbons (Fsp3) is 0.600. The van der Waals surface area contributed by atoms with Gasteiger partial charge in [-0.2, -0.15) is 0 Å². The van der Waals surface area contributed by atoms with Crippen LogP contribution in [0.15, 0.2) is 18.2 Å². The van der Waals surface area contributed by atoms with Gasteiger partial charge >= 0.3 is 0 Å². The maximum absolute atomic E-state index is 3.53. The molecule has 1 heteroatoms. The number of piperidine rings is 1. The summed E-state index contributed by atoms with van der Waals surface area (Å²) in [7, 11) is 0. The molecule has 1 fully saturated rings. The molecule has 1 saturated heterocycles. The van der Waals surface area contributed by atoms with Crippen LogP contribution in [0.25, 0.3) is 0 Å². The zero-order valence-corrected chi connectivity index (χ0v) is 10.7. The second kappa shape index (κ2) is 5.01. The highest BCUT2D eigenvalue weighted by atomic mass is 14.9. The molecule has 1 aromatic rings. The lowest BCUT2D eigenvalue weighted by atomic mass is 9.85. The van der Waals surface area contributed by atoms with Crippen LogP contribution in [-0.4, -0.2) is 12.6 Å². The van der Waals surface area contributed by atoms with Crippen LogP contribution in [0, 0.1) is 19.8 Å². The van der Waals surface area contributed by atoms with Gasteiger partial charge in [0.05, 0.1) is 0 Å².